The maximum absolute atomic E-state index is 4.97. The molecule has 0 aliphatic heterocycles. The zero-order valence-corrected chi connectivity index (χ0v) is 24.6. The third kappa shape index (κ3) is 6.63. The van der Waals surface area contributed by atoms with Crippen molar-refractivity contribution in [3.05, 3.63) is 101 Å². The zero-order chi connectivity index (χ0) is 27.2. The standard InChI is InChI=1S/C38H47N/c1-5-29(6-2)14-10-11-27(3)36-23-24-38(36)34-19-17-31-25-33(18-16-32(31)26-34)37-22-21-35(39-28(37)4)20-15-30-12-8-7-9-13-30/h7-9,12-13,16-19,21-22,25-27,29,36,38H,5-6,10-11,14-15,20,23-24H2,1-4H3/t27?,36-,38?/m1/s1. The van der Waals surface area contributed by atoms with Crippen LogP contribution in [0.25, 0.3) is 21.9 Å². The first-order chi connectivity index (χ1) is 19.1. The number of nitrogens with zero attached hydrogens (tertiary/aromatic N) is 1. The van der Waals surface area contributed by atoms with E-state index in [9.17, 15) is 0 Å². The van der Waals surface area contributed by atoms with Crippen molar-refractivity contribution < 1.29 is 0 Å². The summed E-state index contributed by atoms with van der Waals surface area (Å²) in [6.45, 7) is 9.37. The lowest BCUT2D eigenvalue weighted by molar-refractivity contribution is 0.163. The molecule has 2 unspecified atom stereocenters. The van der Waals surface area contributed by atoms with Crippen LogP contribution in [-0.2, 0) is 12.8 Å². The smallest absolute Gasteiger partial charge is 0.0454 e. The van der Waals surface area contributed by atoms with Crippen LogP contribution in [0.4, 0.5) is 0 Å². The Hall–Kier alpha value is -2.93. The van der Waals surface area contributed by atoms with Crippen LogP contribution in [0.5, 0.6) is 0 Å². The van der Waals surface area contributed by atoms with Gasteiger partial charge in [0.15, 0.2) is 0 Å². The highest BCUT2D eigenvalue weighted by Gasteiger charge is 2.35. The van der Waals surface area contributed by atoms with E-state index in [0.29, 0.717) is 0 Å². The number of hydrogen-bond acceptors (Lipinski definition) is 1. The van der Waals surface area contributed by atoms with Gasteiger partial charge in [0.25, 0.3) is 0 Å². The fourth-order valence-electron chi connectivity index (χ4n) is 6.90. The molecule has 0 radical (unpaired) electrons. The first kappa shape index (κ1) is 27.6. The van der Waals surface area contributed by atoms with E-state index < -0.39 is 0 Å². The van der Waals surface area contributed by atoms with Crippen LogP contribution >= 0.6 is 0 Å². The topological polar surface area (TPSA) is 12.9 Å². The molecule has 3 aromatic carbocycles. The van der Waals surface area contributed by atoms with Crippen molar-refractivity contribution in [1.29, 1.82) is 0 Å². The monoisotopic (exact) mass is 517 g/mol. The van der Waals surface area contributed by atoms with Gasteiger partial charge < -0.3 is 0 Å². The number of benzene rings is 3. The lowest BCUT2D eigenvalue weighted by Gasteiger charge is -2.41. The second kappa shape index (κ2) is 12.9. The molecule has 0 amide bonds. The van der Waals surface area contributed by atoms with Crippen molar-refractivity contribution >= 4 is 10.8 Å². The molecule has 1 fully saturated rings. The number of aromatic nitrogens is 1. The number of hydrogen-bond donors (Lipinski definition) is 0. The summed E-state index contributed by atoms with van der Waals surface area (Å²) >= 11 is 0. The Morgan fingerprint density at radius 2 is 1.56 bits per heavy atom. The van der Waals surface area contributed by atoms with Gasteiger partial charge in [-0.3, -0.25) is 4.98 Å². The van der Waals surface area contributed by atoms with E-state index in [2.05, 4.69) is 107 Å². The molecule has 1 heterocycles. The van der Waals surface area contributed by atoms with E-state index in [4.69, 9.17) is 4.98 Å². The zero-order valence-electron chi connectivity index (χ0n) is 24.6. The predicted octanol–water partition coefficient (Wildman–Crippen LogP) is 10.7. The molecule has 1 nitrogen and oxygen atoms in total. The minimum absolute atomic E-state index is 0.743. The first-order valence-corrected chi connectivity index (χ1v) is 15.6. The molecule has 1 aromatic heterocycles. The fraction of sp³-hybridized carbons (Fsp3) is 0.447. The second-order valence-electron chi connectivity index (χ2n) is 12.2. The minimum atomic E-state index is 0.743. The normalized spacial score (nSPS) is 17.9. The molecular formula is C38H47N. The lowest BCUT2D eigenvalue weighted by atomic mass is 9.63. The molecule has 1 heteroatoms. The first-order valence-electron chi connectivity index (χ1n) is 15.6. The maximum Gasteiger partial charge on any atom is 0.0454 e. The molecule has 1 aliphatic rings. The maximum atomic E-state index is 4.97. The van der Waals surface area contributed by atoms with E-state index in [1.165, 1.54) is 78.1 Å². The van der Waals surface area contributed by atoms with Crippen molar-refractivity contribution in [1.82, 2.24) is 4.98 Å². The summed E-state index contributed by atoms with van der Waals surface area (Å²) in [7, 11) is 0. The molecule has 0 saturated heterocycles. The number of aryl methyl sites for hydroxylation is 3. The van der Waals surface area contributed by atoms with Gasteiger partial charge in [-0.2, -0.15) is 0 Å². The van der Waals surface area contributed by atoms with Crippen molar-refractivity contribution in [3.8, 4) is 11.1 Å². The van der Waals surface area contributed by atoms with Gasteiger partial charge >= 0.3 is 0 Å². The van der Waals surface area contributed by atoms with E-state index in [-0.39, 0.29) is 0 Å². The van der Waals surface area contributed by atoms with Gasteiger partial charge in [-0.05, 0) is 95.9 Å². The highest BCUT2D eigenvalue weighted by molar-refractivity contribution is 5.88. The van der Waals surface area contributed by atoms with Crippen LogP contribution in [0.3, 0.4) is 0 Å². The summed E-state index contributed by atoms with van der Waals surface area (Å²) in [4.78, 5) is 4.97. The Balaban J connectivity index is 1.24. The molecular weight excluding hydrogens is 470 g/mol. The highest BCUT2D eigenvalue weighted by Crippen LogP contribution is 2.48. The lowest BCUT2D eigenvalue weighted by Crippen LogP contribution is -2.29. The van der Waals surface area contributed by atoms with E-state index >= 15 is 0 Å². The minimum Gasteiger partial charge on any atom is -0.258 e. The SMILES string of the molecule is CCC(CC)CCCC(C)[C@H]1CCC1c1ccc2cc(-c3ccc(CCc4ccccc4)nc3C)ccc2c1. The summed E-state index contributed by atoms with van der Waals surface area (Å²) in [5.74, 6) is 3.36. The van der Waals surface area contributed by atoms with Gasteiger partial charge in [0.1, 0.15) is 0 Å². The molecule has 39 heavy (non-hydrogen) atoms. The fourth-order valence-corrected chi connectivity index (χ4v) is 6.90. The van der Waals surface area contributed by atoms with Crippen molar-refractivity contribution in [2.45, 2.75) is 91.4 Å². The summed E-state index contributed by atoms with van der Waals surface area (Å²) in [6.07, 6.45) is 11.7. The van der Waals surface area contributed by atoms with E-state index in [0.717, 1.165) is 42.2 Å². The van der Waals surface area contributed by atoms with Crippen molar-refractivity contribution in [3.63, 3.8) is 0 Å². The molecule has 3 atom stereocenters. The molecule has 0 N–H and O–H groups in total. The number of pyridine rings is 1. The van der Waals surface area contributed by atoms with Gasteiger partial charge in [-0.15, -0.1) is 0 Å². The Morgan fingerprint density at radius 1 is 0.795 bits per heavy atom. The quantitative estimate of drug-likeness (QED) is 0.182. The third-order valence-corrected chi connectivity index (χ3v) is 9.74. The Labute approximate surface area is 237 Å². The summed E-state index contributed by atoms with van der Waals surface area (Å²) in [5.41, 5.74) is 7.72. The van der Waals surface area contributed by atoms with Crippen LogP contribution in [0, 0.1) is 24.7 Å². The largest absolute Gasteiger partial charge is 0.258 e. The number of fused-ring (bicyclic) bond motifs is 1. The average Bonchev–Trinajstić information content (AvgIpc) is 2.94. The Bertz CT molecular complexity index is 1350. The molecule has 4 aromatic rings. The second-order valence-corrected chi connectivity index (χ2v) is 12.2. The molecule has 204 valence electrons. The molecule has 1 aliphatic carbocycles. The Morgan fingerprint density at radius 3 is 2.28 bits per heavy atom. The summed E-state index contributed by atoms with van der Waals surface area (Å²) in [5, 5.41) is 2.70. The third-order valence-electron chi connectivity index (χ3n) is 9.74. The molecule has 0 spiro atoms. The van der Waals surface area contributed by atoms with Gasteiger partial charge in [0.05, 0.1) is 0 Å². The average molecular weight is 518 g/mol. The molecule has 1 saturated carbocycles. The van der Waals surface area contributed by atoms with E-state index in [1.54, 1.807) is 5.56 Å². The van der Waals surface area contributed by atoms with Crippen LogP contribution in [0.1, 0.15) is 94.1 Å². The summed E-state index contributed by atoms with van der Waals surface area (Å²) < 4.78 is 0. The van der Waals surface area contributed by atoms with Crippen LogP contribution < -0.4 is 0 Å². The van der Waals surface area contributed by atoms with Gasteiger partial charge in [0, 0.05) is 17.0 Å². The van der Waals surface area contributed by atoms with Crippen LogP contribution in [0.15, 0.2) is 78.9 Å². The number of rotatable bonds is 12. The Kier molecular flexibility index (Phi) is 9.17. The molecule has 0 bridgehead atoms. The van der Waals surface area contributed by atoms with Gasteiger partial charge in [0.2, 0.25) is 0 Å². The van der Waals surface area contributed by atoms with Gasteiger partial charge in [-0.25, -0.2) is 0 Å². The van der Waals surface area contributed by atoms with Crippen LogP contribution in [0.2, 0.25) is 0 Å². The van der Waals surface area contributed by atoms with Crippen LogP contribution in [-0.4, -0.2) is 4.98 Å². The van der Waals surface area contributed by atoms with E-state index in [1.807, 2.05) is 0 Å². The highest BCUT2D eigenvalue weighted by atomic mass is 14.7. The summed E-state index contributed by atoms with van der Waals surface area (Å²) in [6, 6.07) is 29.4. The van der Waals surface area contributed by atoms with Gasteiger partial charge in [-0.1, -0.05) is 120 Å². The van der Waals surface area contributed by atoms with Crippen molar-refractivity contribution in [2.75, 3.05) is 0 Å². The van der Waals surface area contributed by atoms with Crippen molar-refractivity contribution in [2.24, 2.45) is 17.8 Å². The molecule has 5 rings (SSSR count). The predicted molar refractivity (Wildman–Crippen MR) is 168 cm³/mol.